The zero-order valence-electron chi connectivity index (χ0n) is 18.6. The lowest BCUT2D eigenvalue weighted by molar-refractivity contribution is -0.141. The summed E-state index contributed by atoms with van der Waals surface area (Å²) < 4.78 is 5.82. The van der Waals surface area contributed by atoms with Crippen molar-refractivity contribution in [3.63, 3.8) is 0 Å². The molecular formula is C23H37N3O4. The number of amides is 3. The second-order valence-corrected chi connectivity index (χ2v) is 9.88. The minimum Gasteiger partial charge on any atom is -0.373 e. The Morgan fingerprint density at radius 1 is 0.933 bits per heavy atom. The fraction of sp³-hybridized carbons (Fsp3) is 0.870. The topological polar surface area (TPSA) is 70.2 Å². The van der Waals surface area contributed by atoms with E-state index in [1.54, 1.807) is 0 Å². The van der Waals surface area contributed by atoms with Crippen molar-refractivity contribution in [3.8, 4) is 0 Å². The normalized spacial score (nSPS) is 33.8. The molecule has 0 aromatic heterocycles. The SMILES string of the molecule is CC1CN(CC2CCN(C(=O)CCN3C(=O)C4CCCCC4C3=O)CC2)CC(C)O1. The molecule has 0 N–H and O–H groups in total. The lowest BCUT2D eigenvalue weighted by Gasteiger charge is -2.39. The fourth-order valence-corrected chi connectivity index (χ4v) is 5.98. The third-order valence-corrected chi connectivity index (χ3v) is 7.46. The molecule has 1 aliphatic carbocycles. The highest BCUT2D eigenvalue weighted by Gasteiger charge is 2.47. The number of imide groups is 1. The van der Waals surface area contributed by atoms with E-state index >= 15 is 0 Å². The van der Waals surface area contributed by atoms with Crippen LogP contribution >= 0.6 is 0 Å². The van der Waals surface area contributed by atoms with Crippen LogP contribution in [0.2, 0.25) is 0 Å². The number of hydrogen-bond donors (Lipinski definition) is 0. The summed E-state index contributed by atoms with van der Waals surface area (Å²) in [5.74, 6) is 0.384. The molecule has 4 fully saturated rings. The van der Waals surface area contributed by atoms with Gasteiger partial charge in [-0.3, -0.25) is 24.2 Å². The van der Waals surface area contributed by atoms with Gasteiger partial charge in [0.2, 0.25) is 17.7 Å². The summed E-state index contributed by atoms with van der Waals surface area (Å²) in [5, 5.41) is 0. The molecule has 7 nitrogen and oxygen atoms in total. The van der Waals surface area contributed by atoms with E-state index in [2.05, 4.69) is 18.7 Å². The van der Waals surface area contributed by atoms with Crippen LogP contribution in [0.5, 0.6) is 0 Å². The number of piperidine rings is 1. The zero-order chi connectivity index (χ0) is 21.3. The maximum absolute atomic E-state index is 12.7. The summed E-state index contributed by atoms with van der Waals surface area (Å²) in [7, 11) is 0. The summed E-state index contributed by atoms with van der Waals surface area (Å²) in [6, 6.07) is 0. The van der Waals surface area contributed by atoms with Gasteiger partial charge in [0.05, 0.1) is 24.0 Å². The van der Waals surface area contributed by atoms with Crippen LogP contribution in [-0.2, 0) is 19.1 Å². The minimum absolute atomic E-state index is 0.0369. The number of morpholine rings is 1. The maximum Gasteiger partial charge on any atom is 0.233 e. The van der Waals surface area contributed by atoms with E-state index in [-0.39, 0.29) is 54.7 Å². The van der Waals surface area contributed by atoms with E-state index in [1.165, 1.54) is 4.90 Å². The predicted octanol–water partition coefficient (Wildman–Crippen LogP) is 1.90. The molecule has 4 unspecified atom stereocenters. The Labute approximate surface area is 180 Å². The number of likely N-dealkylation sites (tertiary alicyclic amines) is 2. The molecule has 168 valence electrons. The Kier molecular flexibility index (Phi) is 6.78. The number of hydrogen-bond acceptors (Lipinski definition) is 5. The first-order chi connectivity index (χ1) is 14.4. The lowest BCUT2D eigenvalue weighted by atomic mass is 9.81. The molecule has 1 saturated carbocycles. The van der Waals surface area contributed by atoms with E-state index in [1.807, 2.05) is 4.90 Å². The van der Waals surface area contributed by atoms with Crippen LogP contribution in [0.3, 0.4) is 0 Å². The number of nitrogens with zero attached hydrogens (tertiary/aromatic N) is 3. The Morgan fingerprint density at radius 3 is 2.07 bits per heavy atom. The zero-order valence-corrected chi connectivity index (χ0v) is 18.6. The van der Waals surface area contributed by atoms with Crippen LogP contribution in [0, 0.1) is 17.8 Å². The Morgan fingerprint density at radius 2 is 1.50 bits per heavy atom. The van der Waals surface area contributed by atoms with Crippen LogP contribution in [0.1, 0.15) is 58.8 Å². The number of carbonyl (C=O) groups excluding carboxylic acids is 3. The van der Waals surface area contributed by atoms with Gasteiger partial charge in [0.15, 0.2) is 0 Å². The van der Waals surface area contributed by atoms with Gasteiger partial charge in [-0.15, -0.1) is 0 Å². The Hall–Kier alpha value is -1.47. The molecule has 7 heteroatoms. The molecule has 0 aromatic carbocycles. The van der Waals surface area contributed by atoms with Crippen molar-refractivity contribution >= 4 is 17.7 Å². The average molecular weight is 420 g/mol. The van der Waals surface area contributed by atoms with Gasteiger partial charge in [0, 0.05) is 45.7 Å². The molecule has 0 bridgehead atoms. The molecule has 0 radical (unpaired) electrons. The summed E-state index contributed by atoms with van der Waals surface area (Å²) in [5.41, 5.74) is 0. The van der Waals surface area contributed by atoms with Crippen molar-refractivity contribution in [2.45, 2.75) is 71.0 Å². The summed E-state index contributed by atoms with van der Waals surface area (Å²) in [6.07, 6.45) is 6.61. The first-order valence-electron chi connectivity index (χ1n) is 11.9. The number of rotatable bonds is 5. The fourth-order valence-electron chi connectivity index (χ4n) is 5.98. The summed E-state index contributed by atoms with van der Waals surface area (Å²) in [6.45, 7) is 9.15. The molecule has 3 saturated heterocycles. The third kappa shape index (κ3) is 4.72. The molecule has 3 amide bonds. The van der Waals surface area contributed by atoms with E-state index < -0.39 is 0 Å². The lowest BCUT2D eigenvalue weighted by Crippen LogP contribution is -2.49. The number of ether oxygens (including phenoxy) is 1. The van der Waals surface area contributed by atoms with Crippen LogP contribution in [0.4, 0.5) is 0 Å². The Bertz CT molecular complexity index is 627. The monoisotopic (exact) mass is 419 g/mol. The average Bonchev–Trinajstić information content (AvgIpc) is 2.96. The highest BCUT2D eigenvalue weighted by atomic mass is 16.5. The van der Waals surface area contributed by atoms with Gasteiger partial charge in [-0.1, -0.05) is 12.8 Å². The van der Waals surface area contributed by atoms with Gasteiger partial charge in [-0.2, -0.15) is 0 Å². The molecular weight excluding hydrogens is 382 g/mol. The molecule has 30 heavy (non-hydrogen) atoms. The van der Waals surface area contributed by atoms with Crippen LogP contribution in [0.15, 0.2) is 0 Å². The van der Waals surface area contributed by atoms with Gasteiger partial charge in [0.25, 0.3) is 0 Å². The van der Waals surface area contributed by atoms with Crippen LogP contribution in [-0.4, -0.2) is 83.9 Å². The quantitative estimate of drug-likeness (QED) is 0.637. The van der Waals surface area contributed by atoms with Crippen molar-refractivity contribution < 1.29 is 19.1 Å². The molecule has 0 spiro atoms. The van der Waals surface area contributed by atoms with E-state index in [4.69, 9.17) is 4.74 Å². The molecule has 3 aliphatic heterocycles. The first kappa shape index (κ1) is 21.8. The van der Waals surface area contributed by atoms with E-state index in [9.17, 15) is 14.4 Å². The molecule has 0 aromatic rings. The van der Waals surface area contributed by atoms with Crippen molar-refractivity contribution in [2.75, 3.05) is 39.3 Å². The largest absolute Gasteiger partial charge is 0.373 e. The van der Waals surface area contributed by atoms with Gasteiger partial charge in [-0.25, -0.2) is 0 Å². The van der Waals surface area contributed by atoms with Crippen LogP contribution < -0.4 is 0 Å². The van der Waals surface area contributed by atoms with Crippen molar-refractivity contribution in [3.05, 3.63) is 0 Å². The summed E-state index contributed by atoms with van der Waals surface area (Å²) >= 11 is 0. The van der Waals surface area contributed by atoms with E-state index in [0.29, 0.717) is 5.92 Å². The van der Waals surface area contributed by atoms with Gasteiger partial charge in [-0.05, 0) is 45.4 Å². The van der Waals surface area contributed by atoms with E-state index in [0.717, 1.165) is 71.2 Å². The number of fused-ring (bicyclic) bond motifs is 1. The smallest absolute Gasteiger partial charge is 0.233 e. The molecule has 4 rings (SSSR count). The molecule has 4 atom stereocenters. The second kappa shape index (κ2) is 9.35. The Balaban J connectivity index is 1.20. The molecule has 4 aliphatic rings. The molecule has 3 heterocycles. The third-order valence-electron chi connectivity index (χ3n) is 7.46. The van der Waals surface area contributed by atoms with Crippen molar-refractivity contribution in [1.29, 1.82) is 0 Å². The van der Waals surface area contributed by atoms with Gasteiger partial charge in [0.1, 0.15) is 0 Å². The minimum atomic E-state index is -0.122. The standard InChI is InChI=1S/C23H37N3O4/c1-16-13-24(14-17(2)30-16)15-18-7-10-25(11-8-18)21(27)9-12-26-22(28)19-5-3-4-6-20(19)23(26)29/h16-20H,3-15H2,1-2H3. The predicted molar refractivity (Wildman–Crippen MR) is 113 cm³/mol. The van der Waals surface area contributed by atoms with Crippen molar-refractivity contribution in [2.24, 2.45) is 17.8 Å². The second-order valence-electron chi connectivity index (χ2n) is 9.88. The maximum atomic E-state index is 12.7. The van der Waals surface area contributed by atoms with Gasteiger partial charge >= 0.3 is 0 Å². The van der Waals surface area contributed by atoms with Crippen LogP contribution in [0.25, 0.3) is 0 Å². The van der Waals surface area contributed by atoms with Gasteiger partial charge < -0.3 is 9.64 Å². The highest BCUT2D eigenvalue weighted by Crippen LogP contribution is 2.38. The van der Waals surface area contributed by atoms with Crippen molar-refractivity contribution in [1.82, 2.24) is 14.7 Å². The highest BCUT2D eigenvalue weighted by molar-refractivity contribution is 6.05. The number of carbonyl (C=O) groups is 3. The first-order valence-corrected chi connectivity index (χ1v) is 11.9. The summed E-state index contributed by atoms with van der Waals surface area (Å²) in [4.78, 5) is 43.7.